The lowest BCUT2D eigenvalue weighted by Crippen LogP contribution is -1.89. The molecule has 1 aromatic carbocycles. The minimum Gasteiger partial charge on any atom is -0.508 e. The van der Waals surface area contributed by atoms with Gasteiger partial charge in [-0.1, -0.05) is 0 Å². The Morgan fingerprint density at radius 3 is 2.79 bits per heavy atom. The number of rotatable bonds is 1. The van der Waals surface area contributed by atoms with Gasteiger partial charge in [-0.3, -0.25) is 5.10 Å². The van der Waals surface area contributed by atoms with Gasteiger partial charge >= 0.3 is 0 Å². The van der Waals surface area contributed by atoms with Gasteiger partial charge in [-0.2, -0.15) is 5.10 Å². The van der Waals surface area contributed by atoms with E-state index < -0.39 is 5.82 Å². The molecule has 14 heavy (non-hydrogen) atoms. The number of phenolic OH excluding ortho intramolecular Hbond substituents is 1. The second-order valence-corrected chi connectivity index (χ2v) is 2.86. The SMILES string of the molecule is Nc1cn[nH]c1-c1ccc(O)cc1F. The highest BCUT2D eigenvalue weighted by molar-refractivity contribution is 5.72. The Hall–Kier alpha value is -2.04. The first-order chi connectivity index (χ1) is 6.68. The van der Waals surface area contributed by atoms with Gasteiger partial charge in [0.05, 0.1) is 17.6 Å². The van der Waals surface area contributed by atoms with E-state index >= 15 is 0 Å². The fraction of sp³-hybridized carbons (Fsp3) is 0. The van der Waals surface area contributed by atoms with Gasteiger partial charge in [0.25, 0.3) is 0 Å². The molecule has 0 aliphatic rings. The number of nitrogens with zero attached hydrogens (tertiary/aromatic N) is 1. The maximum atomic E-state index is 13.3. The predicted molar refractivity (Wildman–Crippen MR) is 50.1 cm³/mol. The second kappa shape index (κ2) is 3.02. The summed E-state index contributed by atoms with van der Waals surface area (Å²) in [6.45, 7) is 0. The number of hydrogen-bond donors (Lipinski definition) is 3. The molecule has 4 N–H and O–H groups in total. The first-order valence-electron chi connectivity index (χ1n) is 3.96. The molecule has 2 rings (SSSR count). The van der Waals surface area contributed by atoms with Gasteiger partial charge in [-0.05, 0) is 12.1 Å². The van der Waals surface area contributed by atoms with Crippen molar-refractivity contribution in [1.82, 2.24) is 10.2 Å². The van der Waals surface area contributed by atoms with E-state index in [0.717, 1.165) is 6.07 Å². The summed E-state index contributed by atoms with van der Waals surface area (Å²) in [5.41, 5.74) is 6.64. The number of H-pyrrole nitrogens is 1. The minimum absolute atomic E-state index is 0.121. The van der Waals surface area contributed by atoms with Crippen LogP contribution in [-0.4, -0.2) is 15.3 Å². The van der Waals surface area contributed by atoms with Crippen LogP contribution in [0.3, 0.4) is 0 Å². The standard InChI is InChI=1S/C9H8FN3O/c10-7-3-5(14)1-2-6(7)9-8(11)4-12-13-9/h1-4,14H,11H2,(H,12,13). The lowest BCUT2D eigenvalue weighted by Gasteiger charge is -2.01. The van der Waals surface area contributed by atoms with E-state index in [0.29, 0.717) is 11.4 Å². The van der Waals surface area contributed by atoms with E-state index in [-0.39, 0.29) is 11.3 Å². The summed E-state index contributed by atoms with van der Waals surface area (Å²) in [6, 6.07) is 3.85. The van der Waals surface area contributed by atoms with Gasteiger partial charge in [-0.15, -0.1) is 0 Å². The van der Waals surface area contributed by atoms with Gasteiger partial charge in [0.15, 0.2) is 0 Å². The first kappa shape index (κ1) is 8.55. The molecule has 1 aromatic heterocycles. The van der Waals surface area contributed by atoms with Gasteiger partial charge in [0.1, 0.15) is 11.6 Å². The van der Waals surface area contributed by atoms with Crippen molar-refractivity contribution in [3.8, 4) is 17.0 Å². The van der Waals surface area contributed by atoms with Crippen LogP contribution >= 0.6 is 0 Å². The van der Waals surface area contributed by atoms with Crippen LogP contribution in [-0.2, 0) is 0 Å². The second-order valence-electron chi connectivity index (χ2n) is 2.86. The Morgan fingerprint density at radius 1 is 1.43 bits per heavy atom. The van der Waals surface area contributed by atoms with Crippen LogP contribution in [0.15, 0.2) is 24.4 Å². The molecule has 0 bridgehead atoms. The zero-order chi connectivity index (χ0) is 10.1. The summed E-state index contributed by atoms with van der Waals surface area (Å²) in [4.78, 5) is 0. The predicted octanol–water partition coefficient (Wildman–Crippen LogP) is 1.50. The van der Waals surface area contributed by atoms with E-state index in [9.17, 15) is 4.39 Å². The van der Waals surface area contributed by atoms with E-state index in [1.807, 2.05) is 0 Å². The number of benzene rings is 1. The van der Waals surface area contributed by atoms with Gasteiger partial charge in [-0.25, -0.2) is 4.39 Å². The fourth-order valence-corrected chi connectivity index (χ4v) is 1.22. The van der Waals surface area contributed by atoms with Crippen molar-refractivity contribution in [2.75, 3.05) is 5.73 Å². The molecule has 0 saturated heterocycles. The summed E-state index contributed by atoms with van der Waals surface area (Å²) in [5.74, 6) is -0.662. The molecule has 0 amide bonds. The third-order valence-corrected chi connectivity index (χ3v) is 1.89. The lowest BCUT2D eigenvalue weighted by molar-refractivity contribution is 0.469. The molecule has 0 radical (unpaired) electrons. The highest BCUT2D eigenvalue weighted by atomic mass is 19.1. The molecule has 0 aliphatic heterocycles. The zero-order valence-electron chi connectivity index (χ0n) is 7.16. The van der Waals surface area contributed by atoms with Crippen molar-refractivity contribution in [2.24, 2.45) is 0 Å². The van der Waals surface area contributed by atoms with E-state index in [2.05, 4.69) is 10.2 Å². The van der Waals surface area contributed by atoms with Crippen LogP contribution in [0.1, 0.15) is 0 Å². The third-order valence-electron chi connectivity index (χ3n) is 1.89. The molecule has 0 aliphatic carbocycles. The van der Waals surface area contributed by atoms with Crippen molar-refractivity contribution in [1.29, 1.82) is 0 Å². The monoisotopic (exact) mass is 193 g/mol. The first-order valence-corrected chi connectivity index (χ1v) is 3.96. The number of nitrogens with one attached hydrogen (secondary N) is 1. The molecular weight excluding hydrogens is 185 g/mol. The Morgan fingerprint density at radius 2 is 2.21 bits per heavy atom. The van der Waals surface area contributed by atoms with Crippen molar-refractivity contribution >= 4 is 5.69 Å². The molecule has 5 heteroatoms. The highest BCUT2D eigenvalue weighted by Crippen LogP contribution is 2.27. The summed E-state index contributed by atoms with van der Waals surface area (Å²) in [5, 5.41) is 15.3. The summed E-state index contributed by atoms with van der Waals surface area (Å²) in [7, 11) is 0. The van der Waals surface area contributed by atoms with Crippen LogP contribution < -0.4 is 5.73 Å². The van der Waals surface area contributed by atoms with Crippen LogP contribution in [0.5, 0.6) is 5.75 Å². The van der Waals surface area contributed by atoms with Crippen molar-refractivity contribution in [3.63, 3.8) is 0 Å². The number of nitrogens with two attached hydrogens (primary N) is 1. The van der Waals surface area contributed by atoms with Crippen LogP contribution in [0.4, 0.5) is 10.1 Å². The Labute approximate surface area is 79.2 Å². The van der Waals surface area contributed by atoms with E-state index in [4.69, 9.17) is 10.8 Å². The number of aromatic amines is 1. The molecule has 72 valence electrons. The summed E-state index contributed by atoms with van der Waals surface area (Å²) >= 11 is 0. The molecular formula is C9H8FN3O. The largest absolute Gasteiger partial charge is 0.508 e. The third kappa shape index (κ3) is 1.28. The molecule has 0 atom stereocenters. The van der Waals surface area contributed by atoms with E-state index in [1.54, 1.807) is 0 Å². The fourth-order valence-electron chi connectivity index (χ4n) is 1.22. The molecule has 0 unspecified atom stereocenters. The van der Waals surface area contributed by atoms with Crippen LogP contribution in [0.2, 0.25) is 0 Å². The van der Waals surface area contributed by atoms with Crippen molar-refractivity contribution in [3.05, 3.63) is 30.2 Å². The van der Waals surface area contributed by atoms with E-state index in [1.165, 1.54) is 18.3 Å². The van der Waals surface area contributed by atoms with Gasteiger partial charge < -0.3 is 10.8 Å². The van der Waals surface area contributed by atoms with Crippen molar-refractivity contribution in [2.45, 2.75) is 0 Å². The van der Waals surface area contributed by atoms with Crippen molar-refractivity contribution < 1.29 is 9.50 Å². The molecule has 1 heterocycles. The number of nitrogen functional groups attached to an aromatic ring is 1. The molecule has 0 spiro atoms. The Balaban J connectivity index is 2.58. The smallest absolute Gasteiger partial charge is 0.136 e. The summed E-state index contributed by atoms with van der Waals surface area (Å²) in [6.07, 6.45) is 1.40. The number of aromatic hydroxyl groups is 1. The Kier molecular flexibility index (Phi) is 1.85. The van der Waals surface area contributed by atoms with Gasteiger partial charge in [0.2, 0.25) is 0 Å². The molecule has 0 saturated carbocycles. The molecule has 4 nitrogen and oxygen atoms in total. The van der Waals surface area contributed by atoms with Crippen LogP contribution in [0.25, 0.3) is 11.3 Å². The lowest BCUT2D eigenvalue weighted by atomic mass is 10.1. The highest BCUT2D eigenvalue weighted by Gasteiger charge is 2.10. The normalized spacial score (nSPS) is 10.4. The van der Waals surface area contributed by atoms with Crippen LogP contribution in [0, 0.1) is 5.82 Å². The number of hydrogen-bond acceptors (Lipinski definition) is 3. The summed E-state index contributed by atoms with van der Waals surface area (Å²) < 4.78 is 13.3. The average molecular weight is 193 g/mol. The number of phenols is 1. The number of halogens is 1. The number of aromatic nitrogens is 2. The quantitative estimate of drug-likeness (QED) is 0.642. The zero-order valence-corrected chi connectivity index (χ0v) is 7.16. The maximum Gasteiger partial charge on any atom is 0.136 e. The molecule has 2 aromatic rings. The maximum absolute atomic E-state index is 13.3. The van der Waals surface area contributed by atoms with Gasteiger partial charge in [0, 0.05) is 11.6 Å². The Bertz CT molecular complexity index is 467. The minimum atomic E-state index is -0.541. The number of anilines is 1. The average Bonchev–Trinajstić information content (AvgIpc) is 2.52. The molecule has 0 fully saturated rings. The topological polar surface area (TPSA) is 74.9 Å².